The van der Waals surface area contributed by atoms with E-state index < -0.39 is 0 Å². The summed E-state index contributed by atoms with van der Waals surface area (Å²) in [6.45, 7) is 0. The SMILES string of the molecule is c1ccc(-c2ccc(-c3cc(-c4ccc(-c5ccccc5)cc4)c4cc(-c5ccc6c(c5)nc(-c5ccccc5)n6-c5ccccc5)c5ccccc5c4n3)cc2)cc1. The van der Waals surface area contributed by atoms with Crippen LogP contribution < -0.4 is 0 Å². The van der Waals surface area contributed by atoms with E-state index in [2.05, 4.69) is 223 Å². The second kappa shape index (κ2) is 14.6. The van der Waals surface area contributed by atoms with Crippen LogP contribution in [0, 0.1) is 0 Å². The minimum Gasteiger partial charge on any atom is -0.292 e. The minimum absolute atomic E-state index is 0.919. The van der Waals surface area contributed by atoms with Gasteiger partial charge in [-0.25, -0.2) is 9.97 Å². The number of pyridine rings is 1. The third-order valence-electron chi connectivity index (χ3n) is 11.4. The number of imidazole rings is 1. The van der Waals surface area contributed by atoms with Crippen LogP contribution in [0.15, 0.2) is 224 Å². The Morgan fingerprint density at radius 1 is 0.305 bits per heavy atom. The average molecular weight is 752 g/mol. The van der Waals surface area contributed by atoms with E-state index in [1.54, 1.807) is 0 Å². The minimum atomic E-state index is 0.919. The summed E-state index contributed by atoms with van der Waals surface area (Å²) in [7, 11) is 0. The van der Waals surface area contributed by atoms with E-state index in [9.17, 15) is 0 Å². The maximum Gasteiger partial charge on any atom is 0.145 e. The molecule has 0 aliphatic heterocycles. The molecule has 2 heterocycles. The molecule has 3 nitrogen and oxygen atoms in total. The van der Waals surface area contributed by atoms with E-state index in [0.717, 1.165) is 83.3 Å². The lowest BCUT2D eigenvalue weighted by Gasteiger charge is -2.16. The molecule has 9 aromatic carbocycles. The second-order valence-electron chi connectivity index (χ2n) is 15.0. The fourth-order valence-electron chi connectivity index (χ4n) is 8.48. The zero-order valence-electron chi connectivity index (χ0n) is 32.2. The number of nitrogens with zero attached hydrogens (tertiary/aromatic N) is 3. The number of fused-ring (bicyclic) bond motifs is 4. The molecule has 0 saturated carbocycles. The van der Waals surface area contributed by atoms with Crippen molar-refractivity contribution in [2.75, 3.05) is 0 Å². The fourth-order valence-corrected chi connectivity index (χ4v) is 8.48. The summed E-state index contributed by atoms with van der Waals surface area (Å²) in [5, 5.41) is 3.38. The maximum atomic E-state index is 5.48. The molecule has 0 radical (unpaired) electrons. The summed E-state index contributed by atoms with van der Waals surface area (Å²) >= 11 is 0. The van der Waals surface area contributed by atoms with Crippen molar-refractivity contribution < 1.29 is 0 Å². The highest BCUT2D eigenvalue weighted by Crippen LogP contribution is 2.42. The largest absolute Gasteiger partial charge is 0.292 e. The van der Waals surface area contributed by atoms with Gasteiger partial charge in [-0.05, 0) is 86.3 Å². The van der Waals surface area contributed by atoms with Crippen LogP contribution in [0.2, 0.25) is 0 Å². The van der Waals surface area contributed by atoms with E-state index >= 15 is 0 Å². The van der Waals surface area contributed by atoms with Gasteiger partial charge in [-0.15, -0.1) is 0 Å². The fraction of sp³-hybridized carbons (Fsp3) is 0. The van der Waals surface area contributed by atoms with Gasteiger partial charge in [0.15, 0.2) is 0 Å². The highest BCUT2D eigenvalue weighted by atomic mass is 15.1. The Morgan fingerprint density at radius 3 is 1.41 bits per heavy atom. The first-order chi connectivity index (χ1) is 29.2. The van der Waals surface area contributed by atoms with Crippen LogP contribution in [0.4, 0.5) is 0 Å². The topological polar surface area (TPSA) is 30.7 Å². The summed E-state index contributed by atoms with van der Waals surface area (Å²) in [5.41, 5.74) is 16.5. The van der Waals surface area contributed by atoms with Crippen molar-refractivity contribution in [1.29, 1.82) is 0 Å². The van der Waals surface area contributed by atoms with Gasteiger partial charge >= 0.3 is 0 Å². The van der Waals surface area contributed by atoms with Gasteiger partial charge < -0.3 is 0 Å². The molecular weight excluding hydrogens is 715 g/mol. The molecule has 0 unspecified atom stereocenters. The number of para-hydroxylation sites is 1. The van der Waals surface area contributed by atoms with Crippen LogP contribution >= 0.6 is 0 Å². The molecule has 11 aromatic rings. The first-order valence-corrected chi connectivity index (χ1v) is 20.1. The normalized spacial score (nSPS) is 11.4. The zero-order chi connectivity index (χ0) is 39.1. The summed E-state index contributed by atoms with van der Waals surface area (Å²) < 4.78 is 2.27. The third-order valence-corrected chi connectivity index (χ3v) is 11.4. The molecule has 0 N–H and O–H groups in total. The number of benzene rings is 9. The smallest absolute Gasteiger partial charge is 0.145 e. The summed E-state index contributed by atoms with van der Waals surface area (Å²) in [5.74, 6) is 0.919. The molecule has 0 fully saturated rings. The molecule has 0 saturated heterocycles. The Morgan fingerprint density at radius 2 is 0.780 bits per heavy atom. The maximum absolute atomic E-state index is 5.48. The van der Waals surface area contributed by atoms with Crippen molar-refractivity contribution in [2.24, 2.45) is 0 Å². The van der Waals surface area contributed by atoms with E-state index in [4.69, 9.17) is 9.97 Å². The number of hydrogen-bond donors (Lipinski definition) is 0. The van der Waals surface area contributed by atoms with Gasteiger partial charge in [0.05, 0.1) is 22.2 Å². The molecule has 0 aliphatic rings. The highest BCUT2D eigenvalue weighted by molar-refractivity contribution is 6.16. The zero-order valence-corrected chi connectivity index (χ0v) is 32.2. The first kappa shape index (κ1) is 34.4. The predicted molar refractivity (Wildman–Crippen MR) is 246 cm³/mol. The van der Waals surface area contributed by atoms with Gasteiger partial charge in [0.2, 0.25) is 0 Å². The Balaban J connectivity index is 1.12. The lowest BCUT2D eigenvalue weighted by atomic mass is 9.90. The van der Waals surface area contributed by atoms with E-state index in [1.165, 1.54) is 22.3 Å². The highest BCUT2D eigenvalue weighted by Gasteiger charge is 2.19. The first-order valence-electron chi connectivity index (χ1n) is 20.1. The summed E-state index contributed by atoms with van der Waals surface area (Å²) in [6.07, 6.45) is 0. The van der Waals surface area contributed by atoms with Crippen LogP contribution in [-0.4, -0.2) is 14.5 Å². The van der Waals surface area contributed by atoms with Crippen LogP contribution in [0.3, 0.4) is 0 Å². The quantitative estimate of drug-likeness (QED) is 0.152. The van der Waals surface area contributed by atoms with Crippen LogP contribution in [0.1, 0.15) is 0 Å². The molecule has 0 amide bonds. The Kier molecular flexibility index (Phi) is 8.49. The number of rotatable bonds is 7. The molecule has 3 heteroatoms. The molecule has 59 heavy (non-hydrogen) atoms. The lowest BCUT2D eigenvalue weighted by Crippen LogP contribution is -1.97. The molecular formula is C56H37N3. The summed E-state index contributed by atoms with van der Waals surface area (Å²) in [4.78, 5) is 10.8. The number of hydrogen-bond acceptors (Lipinski definition) is 2. The Labute approximate surface area is 343 Å². The van der Waals surface area contributed by atoms with Crippen molar-refractivity contribution >= 4 is 32.7 Å². The van der Waals surface area contributed by atoms with Crippen molar-refractivity contribution in [3.63, 3.8) is 0 Å². The lowest BCUT2D eigenvalue weighted by molar-refractivity contribution is 1.10. The van der Waals surface area contributed by atoms with Crippen molar-refractivity contribution in [2.45, 2.75) is 0 Å². The van der Waals surface area contributed by atoms with Crippen molar-refractivity contribution in [1.82, 2.24) is 14.5 Å². The Hall–Kier alpha value is -7.88. The molecule has 276 valence electrons. The average Bonchev–Trinajstić information content (AvgIpc) is 3.71. The molecule has 11 rings (SSSR count). The third kappa shape index (κ3) is 6.26. The molecule has 0 atom stereocenters. The molecule has 0 bridgehead atoms. The Bertz CT molecular complexity index is 3260. The van der Waals surface area contributed by atoms with Crippen LogP contribution in [-0.2, 0) is 0 Å². The van der Waals surface area contributed by atoms with Gasteiger partial charge in [-0.3, -0.25) is 4.57 Å². The van der Waals surface area contributed by atoms with E-state index in [0.29, 0.717) is 0 Å². The van der Waals surface area contributed by atoms with Gasteiger partial charge in [-0.2, -0.15) is 0 Å². The van der Waals surface area contributed by atoms with Crippen molar-refractivity contribution in [3.8, 4) is 72.8 Å². The van der Waals surface area contributed by atoms with E-state index in [-0.39, 0.29) is 0 Å². The van der Waals surface area contributed by atoms with E-state index in [1.807, 2.05) is 6.07 Å². The van der Waals surface area contributed by atoms with Gasteiger partial charge in [-0.1, -0.05) is 188 Å². The van der Waals surface area contributed by atoms with Gasteiger partial charge in [0.1, 0.15) is 5.82 Å². The summed E-state index contributed by atoms with van der Waals surface area (Å²) in [6, 6.07) is 79.8. The molecule has 0 spiro atoms. The van der Waals surface area contributed by atoms with Gasteiger partial charge in [0, 0.05) is 27.6 Å². The standard InChI is InChI=1S/C56H37N3/c1-5-15-38(16-6-1)40-25-29-42(30-26-40)50-37-52(43-31-27-41(28-32-43)39-17-7-2-8-18-39)57-55-48-24-14-13-23-47(48)49(36-51(50)55)45-33-34-54-53(35-45)58-56(44-19-9-3-10-20-44)59(54)46-21-11-4-12-22-46/h1-37H. The second-order valence-corrected chi connectivity index (χ2v) is 15.0. The molecule has 0 aliphatic carbocycles. The molecule has 2 aromatic heterocycles. The van der Waals surface area contributed by atoms with Crippen LogP contribution in [0.5, 0.6) is 0 Å². The monoisotopic (exact) mass is 751 g/mol. The number of aromatic nitrogens is 3. The van der Waals surface area contributed by atoms with Crippen LogP contribution in [0.25, 0.3) is 106 Å². The van der Waals surface area contributed by atoms with Gasteiger partial charge in [0.25, 0.3) is 0 Å². The predicted octanol–water partition coefficient (Wildman–Crippen LogP) is 14.7. The van der Waals surface area contributed by atoms with Crippen molar-refractivity contribution in [3.05, 3.63) is 224 Å².